The van der Waals surface area contributed by atoms with Crippen LogP contribution in [0.3, 0.4) is 0 Å². The summed E-state index contributed by atoms with van der Waals surface area (Å²) in [6.07, 6.45) is 0. The molecule has 2 aromatic rings. The number of hydrogen-bond acceptors (Lipinski definition) is 4. The molecule has 0 bridgehead atoms. The minimum atomic E-state index is -0.879. The molecule has 0 unspecified atom stereocenters. The number of rotatable bonds is 2. The van der Waals surface area contributed by atoms with Crippen LogP contribution in [0.4, 0.5) is 0 Å². The molecule has 5 nitrogen and oxygen atoms in total. The van der Waals surface area contributed by atoms with Gasteiger partial charge in [-0.05, 0) is 24.3 Å². The summed E-state index contributed by atoms with van der Waals surface area (Å²) in [4.78, 5) is 14.5. The van der Waals surface area contributed by atoms with Crippen molar-refractivity contribution in [1.29, 1.82) is 0 Å². The normalized spacial score (nSPS) is 8.94. The Bertz CT molecular complexity index is 499. The topological polar surface area (TPSA) is 92.8 Å². The van der Waals surface area contributed by atoms with E-state index < -0.39 is 5.97 Å². The van der Waals surface area contributed by atoms with Gasteiger partial charge in [0.2, 0.25) is 0 Å². The van der Waals surface area contributed by atoms with E-state index in [1.165, 1.54) is 6.07 Å². The van der Waals surface area contributed by atoms with E-state index in [1.807, 2.05) is 0 Å². The van der Waals surface area contributed by atoms with Crippen molar-refractivity contribution < 1.29 is 19.8 Å². The van der Waals surface area contributed by atoms with Crippen molar-refractivity contribution in [3.63, 3.8) is 0 Å². The van der Waals surface area contributed by atoms with Crippen molar-refractivity contribution in [2.75, 3.05) is 0 Å². The Morgan fingerprint density at radius 3 is 1.94 bits per heavy atom. The number of carboxylic acid groups (broad SMARTS) is 1. The lowest BCUT2D eigenvalue weighted by Crippen LogP contribution is -2.01. The Kier molecular flexibility index (Phi) is 5.21. The van der Waals surface area contributed by atoms with Gasteiger partial charge in [0.25, 0.3) is 0 Å². The van der Waals surface area contributed by atoms with E-state index in [-0.39, 0.29) is 11.5 Å². The van der Waals surface area contributed by atoms with Crippen molar-refractivity contribution in [2.45, 2.75) is 0 Å². The second kappa shape index (κ2) is 6.93. The molecule has 94 valence electrons. The Labute approximate surface area is 104 Å². The van der Waals surface area contributed by atoms with Gasteiger partial charge in [-0.1, -0.05) is 30.3 Å². The molecule has 0 fully saturated rings. The third-order valence-electron chi connectivity index (χ3n) is 2.01. The molecule has 0 amide bonds. The van der Waals surface area contributed by atoms with Gasteiger partial charge in [-0.3, -0.25) is 0 Å². The number of aromatic carboxylic acids is 1. The summed E-state index contributed by atoms with van der Waals surface area (Å²) in [5.41, 5.74) is 0.331. The first kappa shape index (κ1) is 13.5. The average Bonchev–Trinajstić information content (AvgIpc) is 2.41. The van der Waals surface area contributed by atoms with Crippen LogP contribution in [0, 0.1) is 0 Å². The maximum absolute atomic E-state index is 10.2. The first-order valence-electron chi connectivity index (χ1n) is 5.08. The van der Waals surface area contributed by atoms with Gasteiger partial charge in [0, 0.05) is 0 Å². The molecule has 0 aromatic heterocycles. The van der Waals surface area contributed by atoms with Gasteiger partial charge in [0.15, 0.2) is 11.5 Å². The van der Waals surface area contributed by atoms with Crippen molar-refractivity contribution in [3.8, 4) is 11.5 Å². The number of benzene rings is 2. The zero-order valence-electron chi connectivity index (χ0n) is 9.48. The highest BCUT2D eigenvalue weighted by molar-refractivity contribution is 5.87. The predicted molar refractivity (Wildman–Crippen MR) is 66.3 cm³/mol. The third kappa shape index (κ3) is 4.15. The first-order chi connectivity index (χ1) is 8.65. The molecular formula is C13H13NO4. The second-order valence-corrected chi connectivity index (χ2v) is 3.26. The van der Waals surface area contributed by atoms with Gasteiger partial charge in [0.05, 0.1) is 5.56 Å². The highest BCUT2D eigenvalue weighted by Gasteiger charge is 1.96. The maximum Gasteiger partial charge on any atom is 0.335 e. The molecule has 0 aliphatic rings. The summed E-state index contributed by atoms with van der Waals surface area (Å²) in [6, 6.07) is 14.8. The minimum Gasteiger partial charge on any atom is -0.504 e. The number of hydrogen-bond donors (Lipinski definition) is 3. The van der Waals surface area contributed by atoms with E-state index in [4.69, 9.17) is 16.1 Å². The fourth-order valence-corrected chi connectivity index (χ4v) is 1.14. The van der Waals surface area contributed by atoms with Gasteiger partial charge in [-0.25, -0.2) is 4.79 Å². The summed E-state index contributed by atoms with van der Waals surface area (Å²) in [7, 11) is 0. The Balaban J connectivity index is 0.000000180. The molecule has 0 spiro atoms. The van der Waals surface area contributed by atoms with E-state index in [0.717, 1.165) is 0 Å². The van der Waals surface area contributed by atoms with E-state index >= 15 is 0 Å². The van der Waals surface area contributed by atoms with Crippen LogP contribution in [0.5, 0.6) is 11.5 Å². The lowest BCUT2D eigenvalue weighted by molar-refractivity contribution is 0.0697. The summed E-state index contributed by atoms with van der Waals surface area (Å²) in [5.74, 6) is 4.26. The molecule has 0 saturated heterocycles. The Morgan fingerprint density at radius 1 is 1.00 bits per heavy atom. The molecular weight excluding hydrogens is 234 g/mol. The summed E-state index contributed by atoms with van der Waals surface area (Å²) in [5, 5.41) is 17.3. The van der Waals surface area contributed by atoms with Gasteiger partial charge in [0.1, 0.15) is 0 Å². The molecule has 0 atom stereocenters. The van der Waals surface area contributed by atoms with Crippen molar-refractivity contribution in [2.24, 2.45) is 5.90 Å². The molecule has 5 heteroatoms. The van der Waals surface area contributed by atoms with Crippen LogP contribution in [0.1, 0.15) is 10.4 Å². The number of phenols is 1. The number of para-hydroxylation sites is 2. The van der Waals surface area contributed by atoms with Gasteiger partial charge in [-0.2, -0.15) is 5.90 Å². The van der Waals surface area contributed by atoms with Crippen LogP contribution >= 0.6 is 0 Å². The van der Waals surface area contributed by atoms with Crippen LogP contribution < -0.4 is 10.7 Å². The summed E-state index contributed by atoms with van der Waals surface area (Å²) in [6.45, 7) is 0. The largest absolute Gasteiger partial charge is 0.504 e. The summed E-state index contributed by atoms with van der Waals surface area (Å²) >= 11 is 0. The number of carboxylic acids is 1. The quantitative estimate of drug-likeness (QED) is 0.706. The molecule has 2 aromatic carbocycles. The van der Waals surface area contributed by atoms with Gasteiger partial charge < -0.3 is 15.1 Å². The van der Waals surface area contributed by atoms with Crippen LogP contribution in [-0.4, -0.2) is 16.2 Å². The molecule has 0 heterocycles. The lowest BCUT2D eigenvalue weighted by atomic mass is 10.2. The smallest absolute Gasteiger partial charge is 0.335 e. The number of aromatic hydroxyl groups is 1. The van der Waals surface area contributed by atoms with E-state index in [1.54, 1.807) is 48.5 Å². The van der Waals surface area contributed by atoms with Crippen molar-refractivity contribution >= 4 is 5.97 Å². The molecule has 0 aliphatic heterocycles. The standard InChI is InChI=1S/C7H6O2.C6H7NO2/c8-7(9)6-4-2-1-3-5-6;7-9-6-4-2-1-3-5(6)8/h1-5H,(H,8,9);1-4,8H,7H2. The van der Waals surface area contributed by atoms with E-state index in [2.05, 4.69) is 4.84 Å². The molecule has 18 heavy (non-hydrogen) atoms. The summed E-state index contributed by atoms with van der Waals surface area (Å²) < 4.78 is 0. The highest BCUT2D eigenvalue weighted by atomic mass is 16.6. The number of carbonyl (C=O) groups is 1. The Morgan fingerprint density at radius 2 is 1.56 bits per heavy atom. The SMILES string of the molecule is NOc1ccccc1O.O=C(O)c1ccccc1. The lowest BCUT2D eigenvalue weighted by Gasteiger charge is -1.98. The zero-order chi connectivity index (χ0) is 13.4. The average molecular weight is 247 g/mol. The van der Waals surface area contributed by atoms with Crippen LogP contribution in [-0.2, 0) is 0 Å². The van der Waals surface area contributed by atoms with Crippen molar-refractivity contribution in [3.05, 3.63) is 60.2 Å². The third-order valence-corrected chi connectivity index (χ3v) is 2.01. The number of nitrogens with two attached hydrogens (primary N) is 1. The Hall–Kier alpha value is -2.53. The molecule has 0 radical (unpaired) electrons. The van der Waals surface area contributed by atoms with Gasteiger partial charge >= 0.3 is 5.97 Å². The van der Waals surface area contributed by atoms with Gasteiger partial charge in [-0.15, -0.1) is 0 Å². The fraction of sp³-hybridized carbons (Fsp3) is 0. The monoisotopic (exact) mass is 247 g/mol. The minimum absolute atomic E-state index is 0.0556. The molecule has 0 aliphatic carbocycles. The molecule has 2 rings (SSSR count). The van der Waals surface area contributed by atoms with Crippen LogP contribution in [0.25, 0.3) is 0 Å². The van der Waals surface area contributed by atoms with Crippen LogP contribution in [0.2, 0.25) is 0 Å². The molecule has 0 saturated carbocycles. The van der Waals surface area contributed by atoms with E-state index in [0.29, 0.717) is 5.56 Å². The zero-order valence-corrected chi connectivity index (χ0v) is 9.48. The number of phenolic OH excluding ortho intramolecular Hbond substituents is 1. The fourth-order valence-electron chi connectivity index (χ4n) is 1.14. The highest BCUT2D eigenvalue weighted by Crippen LogP contribution is 2.22. The molecule has 4 N–H and O–H groups in total. The first-order valence-corrected chi connectivity index (χ1v) is 5.08. The predicted octanol–water partition coefficient (Wildman–Crippen LogP) is 2.03. The maximum atomic E-state index is 10.2. The van der Waals surface area contributed by atoms with Crippen molar-refractivity contribution in [1.82, 2.24) is 0 Å². The van der Waals surface area contributed by atoms with E-state index in [9.17, 15) is 4.79 Å². The van der Waals surface area contributed by atoms with Crippen LogP contribution in [0.15, 0.2) is 54.6 Å². The second-order valence-electron chi connectivity index (χ2n) is 3.26.